The number of aryl methyl sites for hydroxylation is 2. The smallest absolute Gasteiger partial charge is 0.269 e. The molecule has 1 fully saturated rings. The first kappa shape index (κ1) is 21.3. The van der Waals surface area contributed by atoms with Gasteiger partial charge in [0.2, 0.25) is 0 Å². The van der Waals surface area contributed by atoms with E-state index in [4.69, 9.17) is 0 Å². The summed E-state index contributed by atoms with van der Waals surface area (Å²) in [6, 6.07) is 10.2. The lowest BCUT2D eigenvalue weighted by Crippen LogP contribution is -2.34. The Labute approximate surface area is 183 Å². The van der Waals surface area contributed by atoms with Crippen molar-refractivity contribution in [3.63, 3.8) is 0 Å². The van der Waals surface area contributed by atoms with Gasteiger partial charge in [0.1, 0.15) is 5.69 Å². The molecular weight excluding hydrogens is 388 g/mol. The number of nitrogens with one attached hydrogen (secondary N) is 2. The molecule has 0 aliphatic carbocycles. The van der Waals surface area contributed by atoms with Crippen LogP contribution in [-0.2, 0) is 20.1 Å². The molecule has 1 amide bonds. The minimum atomic E-state index is -0.153. The maximum atomic E-state index is 12.8. The number of rotatable bonds is 6. The predicted molar refractivity (Wildman–Crippen MR) is 122 cm³/mol. The van der Waals surface area contributed by atoms with E-state index in [0.717, 1.165) is 53.8 Å². The molecule has 1 aliphatic heterocycles. The molecule has 7 heteroatoms. The molecule has 2 N–H and O–H groups in total. The van der Waals surface area contributed by atoms with Crippen molar-refractivity contribution in [2.24, 2.45) is 13.0 Å². The molecule has 7 nitrogen and oxygen atoms in total. The van der Waals surface area contributed by atoms with E-state index in [1.165, 1.54) is 18.4 Å². The molecule has 1 aliphatic rings. The summed E-state index contributed by atoms with van der Waals surface area (Å²) in [6.45, 7) is 10.0. The van der Waals surface area contributed by atoms with Gasteiger partial charge in [-0.15, -0.1) is 0 Å². The zero-order valence-electron chi connectivity index (χ0n) is 18.9. The molecule has 0 spiro atoms. The lowest BCUT2D eigenvalue weighted by Gasteiger charge is -2.31. The Hall–Kier alpha value is -2.93. The van der Waals surface area contributed by atoms with Gasteiger partial charge in [-0.1, -0.05) is 31.2 Å². The summed E-state index contributed by atoms with van der Waals surface area (Å²) in [5.41, 5.74) is 6.54. The van der Waals surface area contributed by atoms with Gasteiger partial charge in [-0.05, 0) is 56.3 Å². The fourth-order valence-electron chi connectivity index (χ4n) is 4.54. The minimum absolute atomic E-state index is 0.153. The standard InChI is InChI=1S/C24H32N6O/c1-16-8-7-11-30(14-16)15-20-10-6-5-9-19(20)13-25-24(31)22-12-21(26-27-22)23-17(2)28-29(4)18(23)3/h5-6,9-10,12,16H,7-8,11,13-15H2,1-4H3,(H,25,31)(H,26,27). The summed E-state index contributed by atoms with van der Waals surface area (Å²) < 4.78 is 1.83. The van der Waals surface area contributed by atoms with E-state index < -0.39 is 0 Å². The van der Waals surface area contributed by atoms with Gasteiger partial charge < -0.3 is 5.32 Å². The third kappa shape index (κ3) is 4.71. The Bertz CT molecular complexity index is 1070. The lowest BCUT2D eigenvalue weighted by molar-refractivity contribution is 0.0945. The van der Waals surface area contributed by atoms with Crippen molar-refractivity contribution in [3.05, 3.63) is 58.5 Å². The van der Waals surface area contributed by atoms with Crippen molar-refractivity contribution in [3.8, 4) is 11.3 Å². The number of hydrogen-bond donors (Lipinski definition) is 2. The number of nitrogens with zero attached hydrogens (tertiary/aromatic N) is 4. The largest absolute Gasteiger partial charge is 0.347 e. The molecule has 1 unspecified atom stereocenters. The fourth-order valence-corrected chi connectivity index (χ4v) is 4.54. The molecule has 1 aromatic carbocycles. The molecule has 3 heterocycles. The predicted octanol–water partition coefficient (Wildman–Crippen LogP) is 3.59. The number of aromatic nitrogens is 4. The van der Waals surface area contributed by atoms with Crippen LogP contribution in [0.4, 0.5) is 0 Å². The highest BCUT2D eigenvalue weighted by Crippen LogP contribution is 2.25. The number of carbonyl (C=O) groups excluding carboxylic acids is 1. The average Bonchev–Trinajstić information content (AvgIpc) is 3.31. The number of carbonyl (C=O) groups is 1. The molecule has 0 bridgehead atoms. The van der Waals surface area contributed by atoms with Crippen LogP contribution >= 0.6 is 0 Å². The van der Waals surface area contributed by atoms with Gasteiger partial charge in [-0.2, -0.15) is 10.2 Å². The van der Waals surface area contributed by atoms with E-state index in [0.29, 0.717) is 12.2 Å². The van der Waals surface area contributed by atoms with Crippen molar-refractivity contribution in [1.29, 1.82) is 0 Å². The highest BCUT2D eigenvalue weighted by molar-refractivity contribution is 5.93. The Morgan fingerprint density at radius 3 is 2.74 bits per heavy atom. The number of hydrogen-bond acceptors (Lipinski definition) is 4. The van der Waals surface area contributed by atoms with Gasteiger partial charge in [-0.3, -0.25) is 19.5 Å². The zero-order valence-corrected chi connectivity index (χ0v) is 18.9. The SMILES string of the molecule is Cc1nn(C)c(C)c1-c1cc(C(=O)NCc2ccccc2CN2CCCC(C)C2)[nH]n1. The quantitative estimate of drug-likeness (QED) is 0.639. The van der Waals surface area contributed by atoms with E-state index in [2.05, 4.69) is 50.6 Å². The molecule has 1 atom stereocenters. The number of amides is 1. The molecule has 3 aromatic rings. The topological polar surface area (TPSA) is 78.8 Å². The van der Waals surface area contributed by atoms with Crippen molar-refractivity contribution >= 4 is 5.91 Å². The number of likely N-dealkylation sites (tertiary alicyclic amines) is 1. The molecule has 4 rings (SSSR count). The van der Waals surface area contributed by atoms with Crippen LogP contribution in [0.5, 0.6) is 0 Å². The summed E-state index contributed by atoms with van der Waals surface area (Å²) in [4.78, 5) is 15.3. The lowest BCUT2D eigenvalue weighted by atomic mass is 9.99. The summed E-state index contributed by atoms with van der Waals surface area (Å²) in [6.07, 6.45) is 2.58. The first-order valence-electron chi connectivity index (χ1n) is 11.1. The van der Waals surface area contributed by atoms with Crippen molar-refractivity contribution in [2.45, 2.75) is 46.7 Å². The summed E-state index contributed by atoms with van der Waals surface area (Å²) in [5, 5.41) is 14.7. The third-order valence-electron chi connectivity index (χ3n) is 6.28. The minimum Gasteiger partial charge on any atom is -0.347 e. The molecular formula is C24H32N6O. The molecule has 0 radical (unpaired) electrons. The van der Waals surface area contributed by atoms with Gasteiger partial charge in [0.15, 0.2) is 0 Å². The number of benzene rings is 1. The van der Waals surface area contributed by atoms with Crippen molar-refractivity contribution < 1.29 is 4.79 Å². The maximum Gasteiger partial charge on any atom is 0.269 e. The van der Waals surface area contributed by atoms with Crippen molar-refractivity contribution in [1.82, 2.24) is 30.2 Å². The number of piperidine rings is 1. The fraction of sp³-hybridized carbons (Fsp3) is 0.458. The first-order valence-corrected chi connectivity index (χ1v) is 11.1. The molecule has 31 heavy (non-hydrogen) atoms. The van der Waals surface area contributed by atoms with Crippen LogP contribution in [0.15, 0.2) is 30.3 Å². The van der Waals surface area contributed by atoms with Gasteiger partial charge >= 0.3 is 0 Å². The second kappa shape index (κ2) is 9.06. The molecule has 0 saturated carbocycles. The van der Waals surface area contributed by atoms with E-state index in [1.807, 2.05) is 31.6 Å². The van der Waals surface area contributed by atoms with Gasteiger partial charge in [0.25, 0.3) is 5.91 Å². The van der Waals surface area contributed by atoms with Crippen molar-refractivity contribution in [2.75, 3.05) is 13.1 Å². The van der Waals surface area contributed by atoms with Gasteiger partial charge in [0, 0.05) is 37.9 Å². The number of H-pyrrole nitrogens is 1. The highest BCUT2D eigenvalue weighted by Gasteiger charge is 2.19. The maximum absolute atomic E-state index is 12.8. The normalized spacial score (nSPS) is 17.1. The van der Waals surface area contributed by atoms with E-state index >= 15 is 0 Å². The van der Waals surface area contributed by atoms with Crippen LogP contribution in [0.1, 0.15) is 52.8 Å². The Balaban J connectivity index is 1.42. The first-order chi connectivity index (χ1) is 14.9. The summed E-state index contributed by atoms with van der Waals surface area (Å²) in [7, 11) is 1.91. The van der Waals surface area contributed by atoms with Crippen LogP contribution in [0.3, 0.4) is 0 Å². The Kier molecular flexibility index (Phi) is 6.23. The molecule has 1 saturated heterocycles. The Morgan fingerprint density at radius 2 is 2.03 bits per heavy atom. The molecule has 2 aromatic heterocycles. The third-order valence-corrected chi connectivity index (χ3v) is 6.28. The van der Waals surface area contributed by atoms with Crippen LogP contribution in [0.2, 0.25) is 0 Å². The Morgan fingerprint density at radius 1 is 1.26 bits per heavy atom. The van der Waals surface area contributed by atoms with E-state index in [-0.39, 0.29) is 5.91 Å². The van der Waals surface area contributed by atoms with Gasteiger partial charge in [0.05, 0.1) is 11.4 Å². The summed E-state index contributed by atoms with van der Waals surface area (Å²) >= 11 is 0. The van der Waals surface area contributed by atoms with Crippen LogP contribution in [0.25, 0.3) is 11.3 Å². The monoisotopic (exact) mass is 420 g/mol. The molecule has 164 valence electrons. The second-order valence-corrected chi connectivity index (χ2v) is 8.77. The van der Waals surface area contributed by atoms with E-state index in [9.17, 15) is 4.79 Å². The summed E-state index contributed by atoms with van der Waals surface area (Å²) in [5.74, 6) is 0.599. The highest BCUT2D eigenvalue weighted by atomic mass is 16.1. The second-order valence-electron chi connectivity index (χ2n) is 8.77. The van der Waals surface area contributed by atoms with E-state index in [1.54, 1.807) is 6.07 Å². The zero-order chi connectivity index (χ0) is 22.0. The average molecular weight is 421 g/mol. The van der Waals surface area contributed by atoms with Gasteiger partial charge in [-0.25, -0.2) is 0 Å². The number of aromatic amines is 1. The van der Waals surface area contributed by atoms with Crippen LogP contribution in [0, 0.1) is 19.8 Å². The van der Waals surface area contributed by atoms with Crippen LogP contribution < -0.4 is 5.32 Å². The van der Waals surface area contributed by atoms with Crippen LogP contribution in [-0.4, -0.2) is 43.9 Å².